The molecule has 0 bridgehead atoms. The standard InChI is InChI=1S/C17H11BrN2/c18-15-7-5-12(6-8-15)9-14(11-19)17-10-13-3-1-2-4-16(13)20-17/h1-10,20H/b14-9+. The maximum absolute atomic E-state index is 9.37. The lowest BCUT2D eigenvalue weighted by molar-refractivity contribution is 1.40. The Kier molecular flexibility index (Phi) is 3.41. The second-order valence-corrected chi connectivity index (χ2v) is 5.41. The van der Waals surface area contributed by atoms with Crippen LogP contribution in [0.5, 0.6) is 0 Å². The first-order valence-electron chi connectivity index (χ1n) is 6.22. The Balaban J connectivity index is 2.05. The Morgan fingerprint density at radius 3 is 2.55 bits per heavy atom. The number of hydrogen-bond acceptors (Lipinski definition) is 1. The van der Waals surface area contributed by atoms with Crippen LogP contribution in [0.4, 0.5) is 0 Å². The summed E-state index contributed by atoms with van der Waals surface area (Å²) in [6.45, 7) is 0. The average molecular weight is 323 g/mol. The second-order valence-electron chi connectivity index (χ2n) is 4.49. The van der Waals surface area contributed by atoms with Crippen LogP contribution in [0, 0.1) is 11.3 Å². The molecule has 3 heteroatoms. The minimum absolute atomic E-state index is 0.628. The van der Waals surface area contributed by atoms with E-state index in [0.29, 0.717) is 5.57 Å². The lowest BCUT2D eigenvalue weighted by Crippen LogP contribution is -1.81. The normalized spacial score (nSPS) is 11.5. The fraction of sp³-hybridized carbons (Fsp3) is 0. The fourth-order valence-electron chi connectivity index (χ4n) is 2.11. The van der Waals surface area contributed by atoms with Crippen LogP contribution >= 0.6 is 15.9 Å². The van der Waals surface area contributed by atoms with Gasteiger partial charge < -0.3 is 4.98 Å². The minimum atomic E-state index is 0.628. The summed E-state index contributed by atoms with van der Waals surface area (Å²) in [6.07, 6.45) is 1.89. The molecule has 0 fully saturated rings. The van der Waals surface area contributed by atoms with Gasteiger partial charge in [0.15, 0.2) is 0 Å². The van der Waals surface area contributed by atoms with Crippen LogP contribution in [0.1, 0.15) is 11.3 Å². The van der Waals surface area contributed by atoms with Crippen LogP contribution in [0.2, 0.25) is 0 Å². The number of aromatic nitrogens is 1. The number of nitrogens with one attached hydrogen (secondary N) is 1. The summed E-state index contributed by atoms with van der Waals surface area (Å²) in [5.41, 5.74) is 3.52. The molecule has 20 heavy (non-hydrogen) atoms. The largest absolute Gasteiger partial charge is 0.354 e. The lowest BCUT2D eigenvalue weighted by atomic mass is 10.1. The van der Waals surface area contributed by atoms with Crippen molar-refractivity contribution >= 4 is 38.5 Å². The van der Waals surface area contributed by atoms with Crippen LogP contribution in [-0.4, -0.2) is 4.98 Å². The summed E-state index contributed by atoms with van der Waals surface area (Å²) in [4.78, 5) is 3.28. The van der Waals surface area contributed by atoms with Crippen molar-refractivity contribution in [2.45, 2.75) is 0 Å². The predicted octanol–water partition coefficient (Wildman–Crippen LogP) is 4.99. The maximum Gasteiger partial charge on any atom is 0.101 e. The highest BCUT2D eigenvalue weighted by Gasteiger charge is 2.05. The van der Waals surface area contributed by atoms with Gasteiger partial charge in [-0.2, -0.15) is 5.26 Å². The molecule has 3 aromatic rings. The zero-order valence-electron chi connectivity index (χ0n) is 10.6. The molecule has 0 aliphatic carbocycles. The summed E-state index contributed by atoms with van der Waals surface area (Å²) >= 11 is 3.41. The van der Waals surface area contributed by atoms with E-state index >= 15 is 0 Å². The summed E-state index contributed by atoms with van der Waals surface area (Å²) in [5, 5.41) is 10.5. The van der Waals surface area contributed by atoms with E-state index in [1.54, 1.807) is 0 Å². The van der Waals surface area contributed by atoms with Gasteiger partial charge in [-0.15, -0.1) is 0 Å². The zero-order valence-corrected chi connectivity index (χ0v) is 12.2. The molecule has 0 unspecified atom stereocenters. The number of allylic oxidation sites excluding steroid dienone is 1. The van der Waals surface area contributed by atoms with Crippen molar-refractivity contribution in [3.8, 4) is 6.07 Å². The third-order valence-electron chi connectivity index (χ3n) is 3.12. The molecule has 0 amide bonds. The molecule has 0 spiro atoms. The van der Waals surface area contributed by atoms with E-state index < -0.39 is 0 Å². The first kappa shape index (κ1) is 12.7. The molecule has 96 valence electrons. The lowest BCUT2D eigenvalue weighted by Gasteiger charge is -1.97. The molecule has 2 nitrogen and oxygen atoms in total. The van der Waals surface area contributed by atoms with E-state index in [1.807, 2.05) is 60.7 Å². The average Bonchev–Trinajstić information content (AvgIpc) is 2.90. The number of para-hydroxylation sites is 1. The zero-order chi connectivity index (χ0) is 13.9. The monoisotopic (exact) mass is 322 g/mol. The van der Waals surface area contributed by atoms with Gasteiger partial charge in [0, 0.05) is 15.4 Å². The van der Waals surface area contributed by atoms with E-state index in [1.165, 1.54) is 0 Å². The van der Waals surface area contributed by atoms with Crippen LogP contribution in [0.25, 0.3) is 22.6 Å². The molecule has 0 aliphatic rings. The third-order valence-corrected chi connectivity index (χ3v) is 3.65. The summed E-state index contributed by atoms with van der Waals surface area (Å²) < 4.78 is 1.03. The van der Waals surface area contributed by atoms with Gasteiger partial charge in [0.05, 0.1) is 11.3 Å². The quantitative estimate of drug-likeness (QED) is 0.663. The van der Waals surface area contributed by atoms with Crippen LogP contribution in [-0.2, 0) is 0 Å². The molecule has 0 aliphatic heterocycles. The highest BCUT2D eigenvalue weighted by atomic mass is 79.9. The summed E-state index contributed by atoms with van der Waals surface area (Å²) in [5.74, 6) is 0. The molecule has 0 atom stereocenters. The molecule has 2 aromatic carbocycles. The van der Waals surface area contributed by atoms with Gasteiger partial charge >= 0.3 is 0 Å². The molecular weight excluding hydrogens is 312 g/mol. The Morgan fingerprint density at radius 1 is 1.10 bits per heavy atom. The van der Waals surface area contributed by atoms with Gasteiger partial charge in [-0.1, -0.05) is 46.3 Å². The number of nitriles is 1. The predicted molar refractivity (Wildman–Crippen MR) is 85.9 cm³/mol. The number of benzene rings is 2. The first-order valence-corrected chi connectivity index (χ1v) is 7.01. The van der Waals surface area contributed by atoms with Crippen molar-refractivity contribution in [1.29, 1.82) is 5.26 Å². The van der Waals surface area contributed by atoms with Crippen molar-refractivity contribution in [2.75, 3.05) is 0 Å². The molecule has 1 aromatic heterocycles. The number of halogens is 1. The van der Waals surface area contributed by atoms with Crippen molar-refractivity contribution in [2.24, 2.45) is 0 Å². The number of hydrogen-bond donors (Lipinski definition) is 1. The Morgan fingerprint density at radius 2 is 1.85 bits per heavy atom. The van der Waals surface area contributed by atoms with Gasteiger partial charge in [-0.25, -0.2) is 0 Å². The van der Waals surface area contributed by atoms with Crippen LogP contribution < -0.4 is 0 Å². The van der Waals surface area contributed by atoms with Crippen molar-refractivity contribution in [3.63, 3.8) is 0 Å². The molecule has 1 N–H and O–H groups in total. The van der Waals surface area contributed by atoms with Crippen molar-refractivity contribution in [3.05, 3.63) is 70.3 Å². The number of H-pyrrole nitrogens is 1. The first-order chi connectivity index (χ1) is 9.76. The van der Waals surface area contributed by atoms with E-state index in [9.17, 15) is 5.26 Å². The maximum atomic E-state index is 9.37. The van der Waals surface area contributed by atoms with Gasteiger partial charge in [0.1, 0.15) is 6.07 Å². The highest BCUT2D eigenvalue weighted by Crippen LogP contribution is 2.22. The third kappa shape index (κ3) is 2.52. The van der Waals surface area contributed by atoms with E-state index in [0.717, 1.165) is 26.6 Å². The molecule has 0 radical (unpaired) electrons. The summed E-state index contributed by atoms with van der Waals surface area (Å²) in [6, 6.07) is 20.2. The van der Waals surface area contributed by atoms with Crippen LogP contribution in [0.15, 0.2) is 59.1 Å². The van der Waals surface area contributed by atoms with E-state index in [2.05, 4.69) is 27.0 Å². The molecule has 1 heterocycles. The SMILES string of the molecule is N#C/C(=C\c1ccc(Br)cc1)c1cc2ccccc2[nH]1. The Hall–Kier alpha value is -2.31. The number of fused-ring (bicyclic) bond motifs is 1. The van der Waals surface area contributed by atoms with Crippen molar-refractivity contribution < 1.29 is 0 Å². The number of rotatable bonds is 2. The van der Waals surface area contributed by atoms with E-state index in [4.69, 9.17) is 0 Å². The van der Waals surface area contributed by atoms with Crippen molar-refractivity contribution in [1.82, 2.24) is 4.98 Å². The second kappa shape index (κ2) is 5.36. The molecule has 0 saturated heterocycles. The van der Waals surface area contributed by atoms with Gasteiger partial charge in [-0.3, -0.25) is 0 Å². The smallest absolute Gasteiger partial charge is 0.101 e. The number of nitrogens with zero attached hydrogens (tertiary/aromatic N) is 1. The van der Waals surface area contributed by atoms with E-state index in [-0.39, 0.29) is 0 Å². The fourth-order valence-corrected chi connectivity index (χ4v) is 2.38. The minimum Gasteiger partial charge on any atom is -0.354 e. The Labute approximate surface area is 125 Å². The Bertz CT molecular complexity index is 787. The highest BCUT2D eigenvalue weighted by molar-refractivity contribution is 9.10. The molecule has 0 saturated carbocycles. The number of aromatic amines is 1. The molecule has 3 rings (SSSR count). The van der Waals surface area contributed by atoms with Gasteiger partial charge in [0.2, 0.25) is 0 Å². The van der Waals surface area contributed by atoms with Gasteiger partial charge in [-0.05, 0) is 35.9 Å². The molecular formula is C17H11BrN2. The summed E-state index contributed by atoms with van der Waals surface area (Å²) in [7, 11) is 0. The van der Waals surface area contributed by atoms with Crippen LogP contribution in [0.3, 0.4) is 0 Å². The topological polar surface area (TPSA) is 39.6 Å². The van der Waals surface area contributed by atoms with Gasteiger partial charge in [0.25, 0.3) is 0 Å².